The standard InChI is InChI=1S/4C2H4O2.2K.Mg/c4*1-2(3)4;;;/h4*1H3,(H,3,4);;;/q;;;;2*+1;+2/p-4. The molecule has 11 heteroatoms. The molecule has 0 aromatic rings. The summed E-state index contributed by atoms with van der Waals surface area (Å²) >= 11 is 0. The first-order chi connectivity index (χ1) is 6.93. The Labute approximate surface area is 212 Å². The molecule has 0 aromatic carbocycles. The molecule has 0 saturated heterocycles. The fourth-order valence-corrected chi connectivity index (χ4v) is 0. The number of carboxylic acids is 4. The van der Waals surface area contributed by atoms with Crippen LogP contribution < -0.4 is 123 Å². The average molecular weight is 339 g/mol. The Hall–Kier alpha value is 1.92. The van der Waals surface area contributed by atoms with Gasteiger partial charge in [-0.15, -0.1) is 0 Å². The van der Waals surface area contributed by atoms with E-state index in [9.17, 15) is 0 Å². The molecule has 0 heterocycles. The second-order valence-electron chi connectivity index (χ2n) is 1.97. The Morgan fingerprint density at radius 2 is 0.526 bits per heavy atom. The maximum absolute atomic E-state index is 8.89. The van der Waals surface area contributed by atoms with Crippen molar-refractivity contribution in [3.05, 3.63) is 0 Å². The van der Waals surface area contributed by atoms with Crippen molar-refractivity contribution in [2.75, 3.05) is 0 Å². The van der Waals surface area contributed by atoms with Crippen LogP contribution in [0.1, 0.15) is 27.7 Å². The monoisotopic (exact) mass is 338 g/mol. The quantitative estimate of drug-likeness (QED) is 0.393. The molecule has 0 fully saturated rings. The second kappa shape index (κ2) is 36.8. The summed E-state index contributed by atoms with van der Waals surface area (Å²) in [6, 6.07) is 0. The molecule has 0 rings (SSSR count). The number of carbonyl (C=O) groups is 4. The van der Waals surface area contributed by atoms with E-state index in [0.29, 0.717) is 0 Å². The summed E-state index contributed by atoms with van der Waals surface area (Å²) in [4.78, 5) is 35.6. The molecular formula is C8H12K2MgO8. The van der Waals surface area contributed by atoms with Gasteiger partial charge in [-0.2, -0.15) is 0 Å². The van der Waals surface area contributed by atoms with Crippen LogP contribution in [-0.4, -0.2) is 46.9 Å². The van der Waals surface area contributed by atoms with Crippen LogP contribution in [0.15, 0.2) is 0 Å². The summed E-state index contributed by atoms with van der Waals surface area (Å²) in [5.41, 5.74) is 0. The number of carbonyl (C=O) groups excluding carboxylic acids is 4. The van der Waals surface area contributed by atoms with Gasteiger partial charge in [0.15, 0.2) is 0 Å². The van der Waals surface area contributed by atoms with Gasteiger partial charge in [0.1, 0.15) is 0 Å². The van der Waals surface area contributed by atoms with Crippen LogP contribution in [0.4, 0.5) is 0 Å². The smallest absolute Gasteiger partial charge is 0.550 e. The third kappa shape index (κ3) is 1740. The maximum atomic E-state index is 8.89. The zero-order valence-electron chi connectivity index (χ0n) is 12.0. The van der Waals surface area contributed by atoms with Crippen LogP contribution >= 0.6 is 0 Å². The Kier molecular flexibility index (Phi) is 83.0. The molecule has 0 aliphatic carbocycles. The topological polar surface area (TPSA) is 161 Å². The van der Waals surface area contributed by atoms with Crippen LogP contribution in [0.2, 0.25) is 0 Å². The first kappa shape index (κ1) is 42.8. The van der Waals surface area contributed by atoms with Crippen molar-refractivity contribution in [3.63, 3.8) is 0 Å². The van der Waals surface area contributed by atoms with E-state index < -0.39 is 23.9 Å². The average Bonchev–Trinajstić information content (AvgIpc) is 1.76. The first-order valence-corrected chi connectivity index (χ1v) is 3.63. The van der Waals surface area contributed by atoms with E-state index in [1.807, 2.05) is 0 Å². The van der Waals surface area contributed by atoms with E-state index in [0.717, 1.165) is 27.7 Å². The molecule has 0 aliphatic heterocycles. The minimum atomic E-state index is -1.08. The molecular weight excluding hydrogens is 327 g/mol. The molecule has 0 saturated carbocycles. The van der Waals surface area contributed by atoms with E-state index in [2.05, 4.69) is 0 Å². The molecule has 0 bridgehead atoms. The van der Waals surface area contributed by atoms with Gasteiger partial charge in [-0.05, 0) is 27.7 Å². The minimum Gasteiger partial charge on any atom is -0.550 e. The fourth-order valence-electron chi connectivity index (χ4n) is 0. The number of hydrogen-bond acceptors (Lipinski definition) is 8. The number of carboxylic acid groups (broad SMARTS) is 4. The summed E-state index contributed by atoms with van der Waals surface area (Å²) in [6.07, 6.45) is 0. The number of aliphatic carboxylic acids is 4. The maximum Gasteiger partial charge on any atom is 2.00 e. The van der Waals surface area contributed by atoms with Crippen LogP contribution in [0.3, 0.4) is 0 Å². The van der Waals surface area contributed by atoms with Crippen molar-refractivity contribution in [2.45, 2.75) is 27.7 Å². The van der Waals surface area contributed by atoms with Crippen molar-refractivity contribution in [1.29, 1.82) is 0 Å². The van der Waals surface area contributed by atoms with E-state index in [1.165, 1.54) is 0 Å². The van der Waals surface area contributed by atoms with Crippen molar-refractivity contribution in [3.8, 4) is 0 Å². The van der Waals surface area contributed by atoms with Gasteiger partial charge in [-0.1, -0.05) is 0 Å². The largest absolute Gasteiger partial charge is 2.00 e. The van der Waals surface area contributed by atoms with Crippen molar-refractivity contribution < 1.29 is 142 Å². The van der Waals surface area contributed by atoms with Crippen LogP contribution in [0.25, 0.3) is 0 Å². The van der Waals surface area contributed by atoms with Crippen molar-refractivity contribution in [1.82, 2.24) is 0 Å². The van der Waals surface area contributed by atoms with Gasteiger partial charge >= 0.3 is 126 Å². The summed E-state index contributed by atoms with van der Waals surface area (Å²) in [5, 5.41) is 35.6. The zero-order valence-corrected chi connectivity index (χ0v) is 19.6. The van der Waals surface area contributed by atoms with E-state index in [-0.39, 0.29) is 126 Å². The Morgan fingerprint density at radius 3 is 0.526 bits per heavy atom. The number of hydrogen-bond donors (Lipinski definition) is 0. The molecule has 0 spiro atoms. The summed E-state index contributed by atoms with van der Waals surface area (Å²) in [6.45, 7) is 3.89. The fraction of sp³-hybridized carbons (Fsp3) is 0.500. The second-order valence-corrected chi connectivity index (χ2v) is 1.97. The van der Waals surface area contributed by atoms with Gasteiger partial charge in [0.25, 0.3) is 0 Å². The predicted molar refractivity (Wildman–Crippen MR) is 48.5 cm³/mol. The molecule has 96 valence electrons. The molecule has 19 heavy (non-hydrogen) atoms. The molecule has 0 N–H and O–H groups in total. The van der Waals surface area contributed by atoms with Crippen molar-refractivity contribution >= 4 is 46.9 Å². The molecule has 0 unspecified atom stereocenters. The number of rotatable bonds is 0. The van der Waals surface area contributed by atoms with Gasteiger partial charge in [-0.3, -0.25) is 0 Å². The SMILES string of the molecule is CC(=O)[O-].CC(=O)[O-].CC(=O)[O-].CC(=O)[O-].[K+].[K+].[Mg+2]. The van der Waals surface area contributed by atoms with Crippen molar-refractivity contribution in [2.24, 2.45) is 0 Å². The molecule has 0 aliphatic rings. The van der Waals surface area contributed by atoms with Crippen LogP contribution in [-0.2, 0) is 19.2 Å². The Bertz CT molecular complexity index is 171. The van der Waals surface area contributed by atoms with E-state index in [4.69, 9.17) is 39.6 Å². The third-order valence-corrected chi connectivity index (χ3v) is 0. The molecule has 0 radical (unpaired) electrons. The molecule has 0 amide bonds. The van der Waals surface area contributed by atoms with Gasteiger partial charge in [0.2, 0.25) is 0 Å². The minimum absolute atomic E-state index is 0. The predicted octanol–water partition coefficient (Wildman–Crippen LogP) is -11.3. The molecule has 8 nitrogen and oxygen atoms in total. The van der Waals surface area contributed by atoms with Gasteiger partial charge in [0, 0.05) is 23.9 Å². The first-order valence-electron chi connectivity index (χ1n) is 3.63. The summed E-state index contributed by atoms with van der Waals surface area (Å²) < 4.78 is 0. The van der Waals surface area contributed by atoms with E-state index >= 15 is 0 Å². The van der Waals surface area contributed by atoms with Gasteiger partial charge in [0.05, 0.1) is 0 Å². The summed E-state index contributed by atoms with van der Waals surface area (Å²) in [5.74, 6) is -4.33. The molecule has 0 aromatic heterocycles. The van der Waals surface area contributed by atoms with Gasteiger partial charge < -0.3 is 39.6 Å². The Balaban J connectivity index is -0.0000000192. The molecule has 0 atom stereocenters. The van der Waals surface area contributed by atoms with Crippen LogP contribution in [0, 0.1) is 0 Å². The van der Waals surface area contributed by atoms with Gasteiger partial charge in [-0.25, -0.2) is 0 Å². The third-order valence-electron chi connectivity index (χ3n) is 0. The summed E-state index contributed by atoms with van der Waals surface area (Å²) in [7, 11) is 0. The Morgan fingerprint density at radius 1 is 0.526 bits per heavy atom. The zero-order chi connectivity index (χ0) is 14.3. The normalized spacial score (nSPS) is 5.26. The van der Waals surface area contributed by atoms with Crippen LogP contribution in [0.5, 0.6) is 0 Å². The van der Waals surface area contributed by atoms with E-state index in [1.54, 1.807) is 0 Å².